The summed E-state index contributed by atoms with van der Waals surface area (Å²) >= 11 is 9.56. The number of carbonyl (C=O) groups is 2. The Balaban J connectivity index is 1.80. The first kappa shape index (κ1) is 34.2. The summed E-state index contributed by atoms with van der Waals surface area (Å²) < 4.78 is 30.1. The summed E-state index contributed by atoms with van der Waals surface area (Å²) in [6, 6.07) is 28.7. The second kappa shape index (κ2) is 15.6. The van der Waals surface area contributed by atoms with Crippen molar-refractivity contribution in [3.8, 4) is 0 Å². The van der Waals surface area contributed by atoms with E-state index in [2.05, 4.69) is 21.2 Å². The summed E-state index contributed by atoms with van der Waals surface area (Å²) in [4.78, 5) is 29.9. The zero-order valence-electron chi connectivity index (χ0n) is 25.5. The van der Waals surface area contributed by atoms with Crippen molar-refractivity contribution in [3.05, 3.63) is 129 Å². The molecule has 4 aromatic rings. The third-order valence-electron chi connectivity index (χ3n) is 7.54. The Morgan fingerprint density at radius 2 is 1.49 bits per heavy atom. The lowest BCUT2D eigenvalue weighted by Crippen LogP contribution is -2.54. The number of aryl methyl sites for hydroxylation is 1. The lowest BCUT2D eigenvalue weighted by Gasteiger charge is -2.34. The number of nitrogens with zero attached hydrogens (tertiary/aromatic N) is 2. The van der Waals surface area contributed by atoms with E-state index in [4.69, 9.17) is 11.6 Å². The molecule has 0 saturated carbocycles. The maximum absolute atomic E-state index is 14.5. The van der Waals surface area contributed by atoms with Crippen molar-refractivity contribution in [3.63, 3.8) is 0 Å². The third-order valence-corrected chi connectivity index (χ3v) is 10.1. The number of sulfonamides is 1. The van der Waals surface area contributed by atoms with Crippen molar-refractivity contribution in [1.29, 1.82) is 0 Å². The normalized spacial score (nSPS) is 12.6. The smallest absolute Gasteiger partial charge is 0.264 e. The molecule has 0 aliphatic rings. The molecule has 4 rings (SSSR count). The van der Waals surface area contributed by atoms with Crippen LogP contribution >= 0.6 is 27.5 Å². The number of hydrogen-bond acceptors (Lipinski definition) is 4. The van der Waals surface area contributed by atoms with Gasteiger partial charge in [0.25, 0.3) is 10.0 Å². The second-order valence-electron chi connectivity index (χ2n) is 11.0. The van der Waals surface area contributed by atoms with Crippen LogP contribution in [0.2, 0.25) is 5.02 Å². The predicted molar refractivity (Wildman–Crippen MR) is 184 cm³/mol. The van der Waals surface area contributed by atoms with Crippen LogP contribution in [0.15, 0.2) is 112 Å². The van der Waals surface area contributed by atoms with E-state index in [0.717, 1.165) is 25.5 Å². The minimum Gasteiger partial charge on any atom is -0.352 e. The van der Waals surface area contributed by atoms with Gasteiger partial charge in [0.2, 0.25) is 11.8 Å². The highest BCUT2D eigenvalue weighted by atomic mass is 79.9. The van der Waals surface area contributed by atoms with Crippen LogP contribution in [0.3, 0.4) is 0 Å². The Kier molecular flexibility index (Phi) is 11.8. The number of benzene rings is 4. The highest BCUT2D eigenvalue weighted by Gasteiger charge is 2.35. The van der Waals surface area contributed by atoms with E-state index in [0.29, 0.717) is 17.1 Å². The number of amides is 2. The molecular formula is C35H37BrClN3O4S. The Labute approximate surface area is 279 Å². The number of nitrogens with one attached hydrogen (secondary N) is 1. The van der Waals surface area contributed by atoms with Crippen LogP contribution in [0.5, 0.6) is 0 Å². The molecule has 0 aromatic heterocycles. The molecule has 0 unspecified atom stereocenters. The first-order valence-corrected chi connectivity index (χ1v) is 17.3. The van der Waals surface area contributed by atoms with Gasteiger partial charge in [-0.1, -0.05) is 94.6 Å². The monoisotopic (exact) mass is 709 g/mol. The van der Waals surface area contributed by atoms with Crippen LogP contribution in [0, 0.1) is 6.92 Å². The molecule has 0 fully saturated rings. The Bertz CT molecular complexity index is 1680. The van der Waals surface area contributed by atoms with Crippen LogP contribution in [-0.2, 0) is 32.6 Å². The molecule has 0 bridgehead atoms. The third kappa shape index (κ3) is 9.19. The fourth-order valence-corrected chi connectivity index (χ4v) is 6.56. The lowest BCUT2D eigenvalue weighted by atomic mass is 10.0. The molecule has 0 heterocycles. The lowest BCUT2D eigenvalue weighted by molar-refractivity contribution is -0.140. The van der Waals surface area contributed by atoms with Crippen LogP contribution in [0.25, 0.3) is 0 Å². The number of anilines is 1. The van der Waals surface area contributed by atoms with Crippen molar-refractivity contribution in [2.75, 3.05) is 10.8 Å². The summed E-state index contributed by atoms with van der Waals surface area (Å²) in [5, 5.41) is 3.58. The van der Waals surface area contributed by atoms with Gasteiger partial charge < -0.3 is 10.2 Å². The summed E-state index contributed by atoms with van der Waals surface area (Å²) in [5.74, 6) is -0.837. The fourth-order valence-electron chi connectivity index (χ4n) is 4.76. The average molecular weight is 711 g/mol. The maximum Gasteiger partial charge on any atom is 0.264 e. The molecule has 0 aliphatic heterocycles. The largest absolute Gasteiger partial charge is 0.352 e. The van der Waals surface area contributed by atoms with E-state index < -0.39 is 28.5 Å². The van der Waals surface area contributed by atoms with Gasteiger partial charge in [0.05, 0.1) is 10.6 Å². The van der Waals surface area contributed by atoms with E-state index in [9.17, 15) is 18.0 Å². The quantitative estimate of drug-likeness (QED) is 0.160. The first-order chi connectivity index (χ1) is 21.5. The van der Waals surface area contributed by atoms with Crippen LogP contribution in [0.4, 0.5) is 5.69 Å². The van der Waals surface area contributed by atoms with Gasteiger partial charge in [0.1, 0.15) is 12.6 Å². The maximum atomic E-state index is 14.5. The fraction of sp³-hybridized carbons (Fsp3) is 0.257. The predicted octanol–water partition coefficient (Wildman–Crippen LogP) is 7.16. The van der Waals surface area contributed by atoms with Gasteiger partial charge in [-0.2, -0.15) is 0 Å². The van der Waals surface area contributed by atoms with Gasteiger partial charge in [-0.05, 0) is 79.9 Å². The van der Waals surface area contributed by atoms with Gasteiger partial charge in [0.15, 0.2) is 0 Å². The van der Waals surface area contributed by atoms with Crippen molar-refractivity contribution in [1.82, 2.24) is 10.2 Å². The van der Waals surface area contributed by atoms with E-state index in [1.807, 2.05) is 51.1 Å². The minimum atomic E-state index is -4.17. The Hall–Kier alpha value is -3.66. The number of rotatable bonds is 13. The molecular weight excluding hydrogens is 674 g/mol. The molecule has 2 atom stereocenters. The van der Waals surface area contributed by atoms with Gasteiger partial charge in [0, 0.05) is 28.5 Å². The standard InChI is InChI=1S/C35H37BrClN3O4S/c1-4-26(3)38-35(42)33(22-27-8-6-5-7-9-27)39(23-28-12-16-30(37)17-13-28)34(41)24-40(31-18-14-29(36)15-19-31)45(43,44)32-20-10-25(2)11-21-32/h5-21,26,33H,4,22-24H2,1-3H3,(H,38,42)/t26-,33-/m1/s1. The number of hydrogen-bond donors (Lipinski definition) is 1. The molecule has 0 saturated heterocycles. The molecule has 236 valence electrons. The van der Waals surface area contributed by atoms with Crippen LogP contribution in [0.1, 0.15) is 37.0 Å². The van der Waals surface area contributed by atoms with Crippen LogP contribution in [-0.4, -0.2) is 43.8 Å². The molecule has 10 heteroatoms. The number of halogens is 2. The number of carbonyl (C=O) groups excluding carboxylic acids is 2. The minimum absolute atomic E-state index is 0.0587. The first-order valence-electron chi connectivity index (χ1n) is 14.7. The summed E-state index contributed by atoms with van der Waals surface area (Å²) in [5.41, 5.74) is 2.85. The molecule has 0 radical (unpaired) electrons. The van der Waals surface area contributed by atoms with Gasteiger partial charge in [-0.3, -0.25) is 13.9 Å². The summed E-state index contributed by atoms with van der Waals surface area (Å²) in [6.45, 7) is 5.30. The van der Waals surface area contributed by atoms with E-state index in [-0.39, 0.29) is 29.8 Å². The molecule has 2 amide bonds. The van der Waals surface area contributed by atoms with Gasteiger partial charge in [-0.15, -0.1) is 0 Å². The zero-order chi connectivity index (χ0) is 32.6. The van der Waals surface area contributed by atoms with Crippen LogP contribution < -0.4 is 9.62 Å². The molecule has 0 aliphatic carbocycles. The van der Waals surface area contributed by atoms with Gasteiger partial charge in [-0.25, -0.2) is 8.42 Å². The van der Waals surface area contributed by atoms with Crippen molar-refractivity contribution < 1.29 is 18.0 Å². The Morgan fingerprint density at radius 1 is 0.867 bits per heavy atom. The van der Waals surface area contributed by atoms with E-state index >= 15 is 0 Å². The Morgan fingerprint density at radius 3 is 2.09 bits per heavy atom. The van der Waals surface area contributed by atoms with Crippen molar-refractivity contribution in [2.45, 2.75) is 57.1 Å². The van der Waals surface area contributed by atoms with E-state index in [1.165, 1.54) is 17.0 Å². The zero-order valence-corrected chi connectivity index (χ0v) is 28.6. The average Bonchev–Trinajstić information content (AvgIpc) is 3.03. The van der Waals surface area contributed by atoms with E-state index in [1.54, 1.807) is 60.7 Å². The molecule has 4 aromatic carbocycles. The van der Waals surface area contributed by atoms with Gasteiger partial charge >= 0.3 is 0 Å². The second-order valence-corrected chi connectivity index (χ2v) is 14.2. The molecule has 1 N–H and O–H groups in total. The molecule has 45 heavy (non-hydrogen) atoms. The topological polar surface area (TPSA) is 86.8 Å². The van der Waals surface area contributed by atoms with Crippen molar-refractivity contribution >= 4 is 55.1 Å². The van der Waals surface area contributed by atoms with Crippen molar-refractivity contribution in [2.24, 2.45) is 0 Å². The SMILES string of the molecule is CC[C@@H](C)NC(=O)[C@@H](Cc1ccccc1)N(Cc1ccc(Cl)cc1)C(=O)CN(c1ccc(Br)cc1)S(=O)(=O)c1ccc(C)cc1. The molecule has 7 nitrogen and oxygen atoms in total. The molecule has 0 spiro atoms. The summed E-state index contributed by atoms with van der Waals surface area (Å²) in [6.07, 6.45) is 0.951. The summed E-state index contributed by atoms with van der Waals surface area (Å²) in [7, 11) is -4.17. The highest BCUT2D eigenvalue weighted by molar-refractivity contribution is 9.10. The highest BCUT2D eigenvalue weighted by Crippen LogP contribution is 2.27.